The van der Waals surface area contributed by atoms with Gasteiger partial charge in [-0.05, 0) is 104 Å². The minimum atomic E-state index is -1.07. The fourth-order valence-corrected chi connectivity index (χ4v) is 7.46. The predicted molar refractivity (Wildman–Crippen MR) is 226 cm³/mol. The Morgan fingerprint density at radius 1 is 0.717 bits per heavy atom. The van der Waals surface area contributed by atoms with E-state index < -0.39 is 29.4 Å². The first-order valence-corrected chi connectivity index (χ1v) is 20.4. The molecule has 1 saturated carbocycles. The largest absolute Gasteiger partial charge is 0.476 e. The minimum Gasteiger partial charge on any atom is -0.476 e. The monoisotopic (exact) mass is 837 g/mol. The molecule has 2 heterocycles. The Morgan fingerprint density at radius 2 is 1.13 bits per heavy atom. The molecule has 0 aromatic heterocycles. The molecule has 2 aliphatic heterocycles. The lowest BCUT2D eigenvalue weighted by Crippen LogP contribution is -2.53. The predicted octanol–water partition coefficient (Wildman–Crippen LogP) is 6.36. The molecule has 16 nitrogen and oxygen atoms in total. The first-order valence-electron chi connectivity index (χ1n) is 20.4. The Balaban J connectivity index is 0.000000275. The molecule has 0 spiro atoms. The first-order chi connectivity index (χ1) is 28.0. The van der Waals surface area contributed by atoms with Crippen LogP contribution in [-0.4, -0.2) is 135 Å². The van der Waals surface area contributed by atoms with Gasteiger partial charge in [0, 0.05) is 45.8 Å². The third-order valence-electron chi connectivity index (χ3n) is 10.6. The summed E-state index contributed by atoms with van der Waals surface area (Å²) in [6.07, 6.45) is 4.57. The smallest absolute Gasteiger partial charge is 0.409 e. The van der Waals surface area contributed by atoms with Gasteiger partial charge in [-0.1, -0.05) is 19.3 Å². The lowest BCUT2D eigenvalue weighted by molar-refractivity contribution is -0.133. The maximum Gasteiger partial charge on any atom is 0.409 e. The maximum absolute atomic E-state index is 13.8. The van der Waals surface area contributed by atoms with Crippen molar-refractivity contribution in [2.75, 3.05) is 71.4 Å². The highest BCUT2D eigenvalue weighted by Gasteiger charge is 2.43. The van der Waals surface area contributed by atoms with Crippen LogP contribution in [0.3, 0.4) is 0 Å². The number of esters is 1. The maximum atomic E-state index is 13.8. The lowest BCUT2D eigenvalue weighted by atomic mass is 9.92. The molecule has 5 amide bonds. The van der Waals surface area contributed by atoms with Gasteiger partial charge >= 0.3 is 18.2 Å². The van der Waals surface area contributed by atoms with E-state index in [1.54, 1.807) is 85.9 Å². The van der Waals surface area contributed by atoms with E-state index in [1.165, 1.54) is 28.2 Å². The highest BCUT2D eigenvalue weighted by Crippen LogP contribution is 2.41. The van der Waals surface area contributed by atoms with Gasteiger partial charge in [0.1, 0.15) is 24.7 Å². The zero-order valence-corrected chi connectivity index (χ0v) is 37.6. The number of carbonyl (C=O) groups excluding carboxylic acids is 6. The van der Waals surface area contributed by atoms with Gasteiger partial charge in [0.25, 0.3) is 17.7 Å². The fraction of sp³-hybridized carbons (Fsp3) is 0.591. The van der Waals surface area contributed by atoms with Crippen molar-refractivity contribution in [3.8, 4) is 11.5 Å². The van der Waals surface area contributed by atoms with Crippen LogP contribution in [0.4, 0.5) is 21.0 Å². The Kier molecular flexibility index (Phi) is 15.1. The minimum absolute atomic E-state index is 0.0136. The molecule has 2 aromatic carbocycles. The van der Waals surface area contributed by atoms with Gasteiger partial charge in [-0.3, -0.25) is 14.4 Å². The molecule has 16 heteroatoms. The van der Waals surface area contributed by atoms with E-state index in [2.05, 4.69) is 13.8 Å². The Bertz CT molecular complexity index is 1950. The summed E-state index contributed by atoms with van der Waals surface area (Å²) in [6.45, 7) is 14.9. The standard InChI is InChI=1S/C26H39N3O5.C18H24N2O6/c1-17(2)29(19-11-9-8-10-12-19)23(30)20-16-21-22(15-18(20)3)34-26(4,5)24(31)28(21)13-14-33-25(32)27(6)7;1-11-9-14-13(10-12(11)15(21)24-6)20(16(22)18(2,3)26-14)7-8-25-17(23)19(4)5/h15-17,19H,8-14H2,1-7H3;9-10H,7-8H2,1-6H3. The van der Waals surface area contributed by atoms with Crippen molar-refractivity contribution >= 4 is 47.3 Å². The Labute approximate surface area is 353 Å². The zero-order chi connectivity index (χ0) is 44.9. The molecule has 2 aromatic rings. The van der Waals surface area contributed by atoms with Crippen LogP contribution in [0.1, 0.15) is 105 Å². The summed E-state index contributed by atoms with van der Waals surface area (Å²) in [7, 11) is 7.66. The molecule has 0 radical (unpaired) electrons. The normalized spacial score (nSPS) is 16.6. The lowest BCUT2D eigenvalue weighted by Gasteiger charge is -2.40. The van der Waals surface area contributed by atoms with E-state index in [0.717, 1.165) is 31.2 Å². The van der Waals surface area contributed by atoms with Crippen LogP contribution in [-0.2, 0) is 23.8 Å². The summed E-state index contributed by atoms with van der Waals surface area (Å²) < 4.78 is 27.0. The summed E-state index contributed by atoms with van der Waals surface area (Å²) in [5, 5.41) is 0. The van der Waals surface area contributed by atoms with Gasteiger partial charge in [-0.2, -0.15) is 0 Å². The number of aryl methyl sites for hydroxylation is 2. The Hall–Kier alpha value is -5.54. The molecule has 5 rings (SSSR count). The molecule has 1 aliphatic carbocycles. The number of amides is 5. The van der Waals surface area contributed by atoms with Crippen LogP contribution in [0.25, 0.3) is 0 Å². The van der Waals surface area contributed by atoms with Crippen molar-refractivity contribution in [2.24, 2.45) is 0 Å². The van der Waals surface area contributed by atoms with Gasteiger partial charge in [0.15, 0.2) is 11.2 Å². The van der Waals surface area contributed by atoms with E-state index in [4.69, 9.17) is 23.7 Å². The number of carbonyl (C=O) groups is 6. The van der Waals surface area contributed by atoms with Gasteiger partial charge in [0.05, 0.1) is 37.1 Å². The highest BCUT2D eigenvalue weighted by molar-refractivity contribution is 6.05. The molecule has 0 N–H and O–H groups in total. The topological polar surface area (TPSA) is 165 Å². The summed E-state index contributed by atoms with van der Waals surface area (Å²) in [6, 6.07) is 7.19. The number of ether oxygens (including phenoxy) is 5. The number of rotatable bonds is 10. The van der Waals surface area contributed by atoms with Crippen molar-refractivity contribution in [2.45, 2.75) is 111 Å². The van der Waals surface area contributed by atoms with Crippen LogP contribution in [0.5, 0.6) is 11.5 Å². The van der Waals surface area contributed by atoms with Gasteiger partial charge in [0.2, 0.25) is 0 Å². The van der Waals surface area contributed by atoms with Crippen molar-refractivity contribution in [3.63, 3.8) is 0 Å². The molecule has 0 bridgehead atoms. The third kappa shape index (κ3) is 10.6. The molecular weight excluding hydrogens is 775 g/mol. The van der Waals surface area contributed by atoms with Crippen LogP contribution in [0, 0.1) is 13.8 Å². The third-order valence-corrected chi connectivity index (χ3v) is 10.6. The summed E-state index contributed by atoms with van der Waals surface area (Å²) in [4.78, 5) is 82.9. The van der Waals surface area contributed by atoms with Crippen LogP contribution >= 0.6 is 0 Å². The molecule has 60 heavy (non-hydrogen) atoms. The molecule has 1 fully saturated rings. The summed E-state index contributed by atoms with van der Waals surface area (Å²) in [5.74, 6) is -0.00760. The number of benzene rings is 2. The summed E-state index contributed by atoms with van der Waals surface area (Å²) in [5.41, 5.74) is 1.25. The van der Waals surface area contributed by atoms with E-state index in [9.17, 15) is 28.8 Å². The van der Waals surface area contributed by atoms with Crippen molar-refractivity contribution in [3.05, 3.63) is 46.5 Å². The van der Waals surface area contributed by atoms with Gasteiger partial charge < -0.3 is 48.2 Å². The second-order valence-electron chi connectivity index (χ2n) is 17.0. The SMILES string of the molecule is COC(=O)c1cc2c(cc1C)OC(C)(C)C(=O)N2CCOC(=O)N(C)C.Cc1cc2c(cc1C(=O)N(C(C)C)C1CCCCC1)N(CCOC(=O)N(C)C)C(=O)C(C)(C)O2. The quantitative estimate of drug-likeness (QED) is 0.193. The van der Waals surface area contributed by atoms with Crippen LogP contribution in [0.15, 0.2) is 24.3 Å². The molecule has 0 saturated heterocycles. The van der Waals surface area contributed by atoms with Crippen LogP contribution < -0.4 is 19.3 Å². The molecule has 330 valence electrons. The van der Waals surface area contributed by atoms with Crippen molar-refractivity contribution in [1.29, 1.82) is 0 Å². The number of anilines is 2. The molecule has 3 aliphatic rings. The van der Waals surface area contributed by atoms with Crippen molar-refractivity contribution < 1.29 is 52.5 Å². The number of hydrogen-bond donors (Lipinski definition) is 0. The van der Waals surface area contributed by atoms with Crippen molar-refractivity contribution in [1.82, 2.24) is 14.7 Å². The zero-order valence-electron chi connectivity index (χ0n) is 37.6. The average Bonchev–Trinajstić information content (AvgIpc) is 3.17. The van der Waals surface area contributed by atoms with Crippen LogP contribution in [0.2, 0.25) is 0 Å². The van der Waals surface area contributed by atoms with E-state index in [0.29, 0.717) is 39.6 Å². The van der Waals surface area contributed by atoms with Gasteiger partial charge in [-0.25, -0.2) is 14.4 Å². The second-order valence-corrected chi connectivity index (χ2v) is 17.0. The molecular formula is C44H63N5O11. The number of fused-ring (bicyclic) bond motifs is 2. The van der Waals surface area contributed by atoms with E-state index >= 15 is 0 Å². The Morgan fingerprint density at radius 3 is 1.53 bits per heavy atom. The van der Waals surface area contributed by atoms with E-state index in [1.807, 2.05) is 17.9 Å². The average molecular weight is 838 g/mol. The number of methoxy groups -OCH3 is 1. The first kappa shape index (κ1) is 47.1. The molecule has 0 atom stereocenters. The molecule has 0 unspecified atom stereocenters. The fourth-order valence-electron chi connectivity index (χ4n) is 7.46. The summed E-state index contributed by atoms with van der Waals surface area (Å²) >= 11 is 0. The number of hydrogen-bond acceptors (Lipinski definition) is 11. The second kappa shape index (κ2) is 19.2. The highest BCUT2D eigenvalue weighted by atomic mass is 16.6. The van der Waals surface area contributed by atoms with Gasteiger partial charge in [-0.15, -0.1) is 0 Å². The number of nitrogens with zero attached hydrogens (tertiary/aromatic N) is 5. The van der Waals surface area contributed by atoms with E-state index in [-0.39, 0.29) is 56.1 Å².